The van der Waals surface area contributed by atoms with Gasteiger partial charge in [0.2, 0.25) is 0 Å². The summed E-state index contributed by atoms with van der Waals surface area (Å²) in [5.74, 6) is 0.223. The van der Waals surface area contributed by atoms with Gasteiger partial charge < -0.3 is 15.2 Å². The van der Waals surface area contributed by atoms with E-state index in [1.165, 1.54) is 0 Å². The molecule has 1 amide bonds. The van der Waals surface area contributed by atoms with Crippen LogP contribution in [0.25, 0.3) is 0 Å². The van der Waals surface area contributed by atoms with Crippen molar-refractivity contribution < 1.29 is 14.6 Å². The molecule has 5 heteroatoms. The highest BCUT2D eigenvalue weighted by Crippen LogP contribution is 2.20. The molecule has 0 saturated carbocycles. The number of likely N-dealkylation sites (tertiary alicyclic amines) is 1. The second-order valence-electron chi connectivity index (χ2n) is 6.76. The van der Waals surface area contributed by atoms with Crippen LogP contribution in [0.4, 0.5) is 0 Å². The predicted octanol–water partition coefficient (Wildman–Crippen LogP) is 2.86. The molecule has 5 nitrogen and oxygen atoms in total. The van der Waals surface area contributed by atoms with Crippen molar-refractivity contribution in [1.82, 2.24) is 10.2 Å². The average molecular weight is 354 g/mol. The molecule has 1 heterocycles. The minimum absolute atomic E-state index is 0.0786. The summed E-state index contributed by atoms with van der Waals surface area (Å²) in [6.07, 6.45) is 1.26. The van der Waals surface area contributed by atoms with E-state index in [2.05, 4.69) is 10.2 Å². The van der Waals surface area contributed by atoms with Gasteiger partial charge in [0, 0.05) is 32.8 Å². The number of hydrogen-bond donors (Lipinski definition) is 2. The van der Waals surface area contributed by atoms with Gasteiger partial charge in [-0.15, -0.1) is 0 Å². The summed E-state index contributed by atoms with van der Waals surface area (Å²) in [7, 11) is 1.56. The zero-order valence-corrected chi connectivity index (χ0v) is 15.1. The number of benzene rings is 2. The van der Waals surface area contributed by atoms with Crippen LogP contribution in [0.1, 0.15) is 30.1 Å². The summed E-state index contributed by atoms with van der Waals surface area (Å²) >= 11 is 0. The Labute approximate surface area is 154 Å². The van der Waals surface area contributed by atoms with Crippen LogP contribution >= 0.6 is 0 Å². The standard InChI is InChI=1S/C21H26N2O3/c1-26-20(17-7-3-2-4-8-17)21(25)22-18-10-12-23(13-11-18)15-16-6-5-9-19(24)14-16/h2-9,14,18,20,24H,10-13,15H2,1H3,(H,22,25)/t20-/m0/s1. The maximum Gasteiger partial charge on any atom is 0.253 e. The third-order valence-electron chi connectivity index (χ3n) is 4.83. The van der Waals surface area contributed by atoms with Gasteiger partial charge in [-0.05, 0) is 36.1 Å². The van der Waals surface area contributed by atoms with Gasteiger partial charge >= 0.3 is 0 Å². The van der Waals surface area contributed by atoms with E-state index in [0.717, 1.165) is 43.6 Å². The number of methoxy groups -OCH3 is 1. The van der Waals surface area contributed by atoms with Crippen LogP contribution in [-0.4, -0.2) is 42.2 Å². The summed E-state index contributed by atoms with van der Waals surface area (Å²) in [4.78, 5) is 14.9. The Balaban J connectivity index is 1.49. The molecule has 0 radical (unpaired) electrons. The van der Waals surface area contributed by atoms with E-state index >= 15 is 0 Å². The van der Waals surface area contributed by atoms with Gasteiger partial charge in [0.1, 0.15) is 5.75 Å². The van der Waals surface area contributed by atoms with Crippen LogP contribution in [0.5, 0.6) is 5.75 Å². The fraction of sp³-hybridized carbons (Fsp3) is 0.381. The number of nitrogens with zero attached hydrogens (tertiary/aromatic N) is 1. The molecule has 1 aliphatic heterocycles. The molecule has 2 aromatic rings. The summed E-state index contributed by atoms with van der Waals surface area (Å²) in [5, 5.41) is 12.7. The topological polar surface area (TPSA) is 61.8 Å². The second-order valence-corrected chi connectivity index (χ2v) is 6.76. The third-order valence-corrected chi connectivity index (χ3v) is 4.83. The monoisotopic (exact) mass is 354 g/mol. The summed E-state index contributed by atoms with van der Waals surface area (Å²) in [6, 6.07) is 17.1. The zero-order valence-electron chi connectivity index (χ0n) is 15.1. The van der Waals surface area contributed by atoms with Gasteiger partial charge in [-0.3, -0.25) is 9.69 Å². The van der Waals surface area contributed by atoms with Crippen molar-refractivity contribution in [2.45, 2.75) is 31.5 Å². The predicted molar refractivity (Wildman–Crippen MR) is 101 cm³/mol. The fourth-order valence-electron chi connectivity index (χ4n) is 3.45. The lowest BCUT2D eigenvalue weighted by Crippen LogP contribution is -2.45. The van der Waals surface area contributed by atoms with Crippen molar-refractivity contribution in [3.63, 3.8) is 0 Å². The van der Waals surface area contributed by atoms with Crippen molar-refractivity contribution in [2.24, 2.45) is 0 Å². The van der Waals surface area contributed by atoms with Crippen molar-refractivity contribution in [3.8, 4) is 5.75 Å². The number of carbonyl (C=O) groups excluding carboxylic acids is 1. The molecule has 26 heavy (non-hydrogen) atoms. The lowest BCUT2D eigenvalue weighted by Gasteiger charge is -2.33. The van der Waals surface area contributed by atoms with Crippen molar-refractivity contribution in [2.75, 3.05) is 20.2 Å². The smallest absolute Gasteiger partial charge is 0.253 e. The molecule has 0 unspecified atom stereocenters. The van der Waals surface area contributed by atoms with E-state index in [0.29, 0.717) is 5.75 Å². The zero-order chi connectivity index (χ0) is 18.4. The number of piperidine rings is 1. The first-order chi connectivity index (χ1) is 12.7. The van der Waals surface area contributed by atoms with E-state index in [1.807, 2.05) is 42.5 Å². The summed E-state index contributed by atoms with van der Waals surface area (Å²) in [6.45, 7) is 2.66. The van der Waals surface area contributed by atoms with Crippen LogP contribution < -0.4 is 5.32 Å². The molecule has 1 atom stereocenters. The van der Waals surface area contributed by atoms with E-state index in [9.17, 15) is 9.90 Å². The molecule has 3 rings (SSSR count). The molecule has 1 fully saturated rings. The van der Waals surface area contributed by atoms with Gasteiger partial charge in [-0.25, -0.2) is 0 Å². The number of phenolic OH excluding ortho intramolecular Hbond substituents is 1. The van der Waals surface area contributed by atoms with Gasteiger partial charge in [-0.1, -0.05) is 42.5 Å². The molecular weight excluding hydrogens is 328 g/mol. The quantitative estimate of drug-likeness (QED) is 0.837. The van der Waals surface area contributed by atoms with Crippen LogP contribution in [0.3, 0.4) is 0 Å². The second kappa shape index (κ2) is 8.83. The Kier molecular flexibility index (Phi) is 6.26. The maximum atomic E-state index is 12.6. The van der Waals surface area contributed by atoms with Crippen molar-refractivity contribution in [3.05, 3.63) is 65.7 Å². The SMILES string of the molecule is CO[C@H](C(=O)NC1CCN(Cc2cccc(O)c2)CC1)c1ccccc1. The Morgan fingerprint density at radius 2 is 1.92 bits per heavy atom. The van der Waals surface area contributed by atoms with Crippen LogP contribution in [0, 0.1) is 0 Å². The van der Waals surface area contributed by atoms with Gasteiger partial charge in [-0.2, -0.15) is 0 Å². The Bertz CT molecular complexity index is 712. The highest BCUT2D eigenvalue weighted by molar-refractivity contribution is 5.82. The number of ether oxygens (including phenoxy) is 1. The van der Waals surface area contributed by atoms with E-state index in [-0.39, 0.29) is 11.9 Å². The minimum atomic E-state index is -0.568. The van der Waals surface area contributed by atoms with E-state index in [4.69, 9.17) is 4.74 Å². The number of carbonyl (C=O) groups is 1. The Morgan fingerprint density at radius 3 is 2.58 bits per heavy atom. The fourth-order valence-corrected chi connectivity index (χ4v) is 3.45. The lowest BCUT2D eigenvalue weighted by molar-refractivity contribution is -0.132. The summed E-state index contributed by atoms with van der Waals surface area (Å²) in [5.41, 5.74) is 1.98. The van der Waals surface area contributed by atoms with Crippen molar-refractivity contribution >= 4 is 5.91 Å². The number of nitrogens with one attached hydrogen (secondary N) is 1. The first kappa shape index (κ1) is 18.4. The maximum absolute atomic E-state index is 12.6. The number of aromatic hydroxyl groups is 1. The molecule has 2 N–H and O–H groups in total. The first-order valence-electron chi connectivity index (χ1n) is 9.04. The Morgan fingerprint density at radius 1 is 1.19 bits per heavy atom. The molecule has 2 aromatic carbocycles. The average Bonchev–Trinajstić information content (AvgIpc) is 2.65. The molecule has 0 aromatic heterocycles. The molecule has 0 spiro atoms. The number of hydrogen-bond acceptors (Lipinski definition) is 4. The Hall–Kier alpha value is -2.37. The van der Waals surface area contributed by atoms with Crippen molar-refractivity contribution in [1.29, 1.82) is 0 Å². The van der Waals surface area contributed by atoms with Crippen LogP contribution in [0.15, 0.2) is 54.6 Å². The van der Waals surface area contributed by atoms with Crippen LogP contribution in [-0.2, 0) is 16.1 Å². The largest absolute Gasteiger partial charge is 0.508 e. The minimum Gasteiger partial charge on any atom is -0.508 e. The van der Waals surface area contributed by atoms with Gasteiger partial charge in [0.15, 0.2) is 6.10 Å². The summed E-state index contributed by atoms with van der Waals surface area (Å²) < 4.78 is 5.40. The molecule has 0 bridgehead atoms. The highest BCUT2D eigenvalue weighted by atomic mass is 16.5. The molecule has 0 aliphatic carbocycles. The lowest BCUT2D eigenvalue weighted by atomic mass is 10.0. The van der Waals surface area contributed by atoms with Crippen LogP contribution in [0.2, 0.25) is 0 Å². The van der Waals surface area contributed by atoms with E-state index in [1.54, 1.807) is 19.2 Å². The van der Waals surface area contributed by atoms with Gasteiger partial charge in [0.25, 0.3) is 5.91 Å². The highest BCUT2D eigenvalue weighted by Gasteiger charge is 2.25. The molecule has 1 aliphatic rings. The number of amides is 1. The molecule has 138 valence electrons. The molecule has 1 saturated heterocycles. The molecular formula is C21H26N2O3. The normalized spacial score (nSPS) is 17.0. The third kappa shape index (κ3) is 4.84. The number of phenols is 1. The first-order valence-corrected chi connectivity index (χ1v) is 9.04. The number of rotatable bonds is 6. The van der Waals surface area contributed by atoms with Gasteiger partial charge in [0.05, 0.1) is 0 Å². The van der Waals surface area contributed by atoms with E-state index < -0.39 is 6.10 Å².